The van der Waals surface area contributed by atoms with Crippen molar-refractivity contribution in [3.63, 3.8) is 0 Å². The van der Waals surface area contributed by atoms with Crippen LogP contribution in [0.15, 0.2) is 0 Å². The zero-order valence-corrected chi connectivity index (χ0v) is 15.6. The quantitative estimate of drug-likeness (QED) is 0.813. The lowest BCUT2D eigenvalue weighted by atomic mass is 9.78. The van der Waals surface area contributed by atoms with Gasteiger partial charge in [-0.15, -0.1) is 0 Å². The smallest absolute Gasteiger partial charge is 0.0761 e. The van der Waals surface area contributed by atoms with Gasteiger partial charge in [0.25, 0.3) is 0 Å². The molecule has 126 valence electrons. The monoisotopic (exact) mass is 298 g/mol. The van der Waals surface area contributed by atoms with Crippen molar-refractivity contribution in [2.24, 2.45) is 17.6 Å². The summed E-state index contributed by atoms with van der Waals surface area (Å²) in [4.78, 5) is 2.64. The number of rotatable bonds is 6. The number of ether oxygens (including phenoxy) is 1. The van der Waals surface area contributed by atoms with Crippen LogP contribution in [-0.2, 0) is 4.74 Å². The number of hydrogen-bond donors (Lipinski definition) is 1. The minimum atomic E-state index is -0.115. The number of hydrogen-bond acceptors (Lipinski definition) is 3. The van der Waals surface area contributed by atoms with Gasteiger partial charge in [0.2, 0.25) is 0 Å². The Bertz CT molecular complexity index is 308. The molecule has 1 aliphatic heterocycles. The Kier molecular flexibility index (Phi) is 5.91. The minimum absolute atomic E-state index is 0.0979. The molecule has 1 aliphatic rings. The molecule has 1 rings (SSSR count). The second-order valence-electron chi connectivity index (χ2n) is 9.10. The predicted octanol–water partition coefficient (Wildman–Crippen LogP) is 3.67. The lowest BCUT2D eigenvalue weighted by molar-refractivity contribution is -0.202. The van der Waals surface area contributed by atoms with E-state index in [0.29, 0.717) is 11.8 Å². The zero-order valence-electron chi connectivity index (χ0n) is 15.6. The Morgan fingerprint density at radius 2 is 1.33 bits per heavy atom. The Labute approximate surface area is 132 Å². The molecule has 3 heteroatoms. The van der Waals surface area contributed by atoms with E-state index in [4.69, 9.17) is 10.5 Å². The van der Waals surface area contributed by atoms with Crippen molar-refractivity contribution in [1.82, 2.24) is 4.90 Å². The van der Waals surface area contributed by atoms with E-state index in [1.165, 1.54) is 0 Å². The maximum atomic E-state index is 6.33. The lowest BCUT2D eigenvalue weighted by Crippen LogP contribution is -2.66. The van der Waals surface area contributed by atoms with Crippen LogP contribution in [0.4, 0.5) is 0 Å². The summed E-state index contributed by atoms with van der Waals surface area (Å²) in [5.74, 6) is 1.31. The SMILES string of the molecule is CC(C)CC(CN)(CC(C)C)N1CC(C)(C)OC(C)(C)C1. The minimum Gasteiger partial charge on any atom is -0.367 e. The summed E-state index contributed by atoms with van der Waals surface area (Å²) in [7, 11) is 0. The van der Waals surface area contributed by atoms with Crippen LogP contribution < -0.4 is 5.73 Å². The topological polar surface area (TPSA) is 38.5 Å². The molecule has 1 heterocycles. The third-order valence-electron chi connectivity index (χ3n) is 4.32. The van der Waals surface area contributed by atoms with Crippen molar-refractivity contribution >= 4 is 0 Å². The molecule has 1 saturated heterocycles. The summed E-state index contributed by atoms with van der Waals surface area (Å²) in [5, 5.41) is 0. The standard InChI is InChI=1S/C18H38N2O/c1-14(2)9-18(11-19,10-15(3)4)20-12-16(5,6)21-17(7,8)13-20/h14-15H,9-13,19H2,1-8H3. The Hall–Kier alpha value is -0.120. The average molecular weight is 299 g/mol. The fourth-order valence-corrected chi connectivity index (χ4v) is 4.28. The van der Waals surface area contributed by atoms with Crippen molar-refractivity contribution in [3.8, 4) is 0 Å². The van der Waals surface area contributed by atoms with Crippen LogP contribution in [0.3, 0.4) is 0 Å². The van der Waals surface area contributed by atoms with Crippen LogP contribution in [-0.4, -0.2) is 41.3 Å². The van der Waals surface area contributed by atoms with E-state index in [1.54, 1.807) is 0 Å². The van der Waals surface area contributed by atoms with Gasteiger partial charge in [-0.1, -0.05) is 27.7 Å². The maximum absolute atomic E-state index is 6.33. The fourth-order valence-electron chi connectivity index (χ4n) is 4.28. The predicted molar refractivity (Wildman–Crippen MR) is 91.5 cm³/mol. The first kappa shape index (κ1) is 18.9. The summed E-state index contributed by atoms with van der Waals surface area (Å²) >= 11 is 0. The molecule has 0 radical (unpaired) electrons. The summed E-state index contributed by atoms with van der Waals surface area (Å²) in [6.07, 6.45) is 2.32. The van der Waals surface area contributed by atoms with E-state index in [1.807, 2.05) is 0 Å². The van der Waals surface area contributed by atoms with Crippen LogP contribution >= 0.6 is 0 Å². The summed E-state index contributed by atoms with van der Waals surface area (Å²) in [6.45, 7) is 20.7. The van der Waals surface area contributed by atoms with Gasteiger partial charge in [-0.05, 0) is 52.4 Å². The third kappa shape index (κ3) is 5.22. The highest BCUT2D eigenvalue weighted by Crippen LogP contribution is 2.37. The van der Waals surface area contributed by atoms with Crippen molar-refractivity contribution in [2.75, 3.05) is 19.6 Å². The van der Waals surface area contributed by atoms with Gasteiger partial charge in [-0.25, -0.2) is 0 Å². The highest BCUT2D eigenvalue weighted by Gasteiger charge is 2.46. The third-order valence-corrected chi connectivity index (χ3v) is 4.32. The van der Waals surface area contributed by atoms with Gasteiger partial charge >= 0.3 is 0 Å². The maximum Gasteiger partial charge on any atom is 0.0761 e. The molecular weight excluding hydrogens is 260 g/mol. The van der Waals surface area contributed by atoms with Crippen molar-refractivity contribution in [3.05, 3.63) is 0 Å². The molecule has 3 nitrogen and oxygen atoms in total. The molecule has 0 aromatic heterocycles. The number of nitrogens with zero attached hydrogens (tertiary/aromatic N) is 1. The highest BCUT2D eigenvalue weighted by atomic mass is 16.5. The molecule has 0 amide bonds. The highest BCUT2D eigenvalue weighted by molar-refractivity contribution is 5.00. The molecule has 1 fully saturated rings. The molecule has 0 spiro atoms. The van der Waals surface area contributed by atoms with E-state index in [-0.39, 0.29) is 16.7 Å². The van der Waals surface area contributed by atoms with Crippen LogP contribution in [0, 0.1) is 11.8 Å². The van der Waals surface area contributed by atoms with E-state index in [9.17, 15) is 0 Å². The van der Waals surface area contributed by atoms with Crippen molar-refractivity contribution in [1.29, 1.82) is 0 Å². The zero-order chi connectivity index (χ0) is 16.5. The first-order valence-electron chi connectivity index (χ1n) is 8.57. The molecule has 0 bridgehead atoms. The Morgan fingerprint density at radius 1 is 0.952 bits per heavy atom. The summed E-state index contributed by atoms with van der Waals surface area (Å²) in [6, 6.07) is 0. The van der Waals surface area contributed by atoms with E-state index < -0.39 is 0 Å². The largest absolute Gasteiger partial charge is 0.367 e. The number of nitrogens with two attached hydrogens (primary N) is 1. The molecule has 0 atom stereocenters. The summed E-state index contributed by atoms with van der Waals surface area (Å²) < 4.78 is 6.26. The average Bonchev–Trinajstić information content (AvgIpc) is 2.22. The molecule has 0 unspecified atom stereocenters. The molecule has 21 heavy (non-hydrogen) atoms. The van der Waals surface area contributed by atoms with Gasteiger partial charge in [0.15, 0.2) is 0 Å². The van der Waals surface area contributed by atoms with E-state index >= 15 is 0 Å². The van der Waals surface area contributed by atoms with Crippen LogP contribution in [0.1, 0.15) is 68.2 Å². The first-order chi connectivity index (χ1) is 9.41. The molecule has 0 aromatic carbocycles. The Balaban J connectivity index is 3.11. The van der Waals surface area contributed by atoms with E-state index in [2.05, 4.69) is 60.3 Å². The lowest BCUT2D eigenvalue weighted by Gasteiger charge is -2.55. The van der Waals surface area contributed by atoms with E-state index in [0.717, 1.165) is 32.5 Å². The Morgan fingerprint density at radius 3 is 1.62 bits per heavy atom. The molecular formula is C18H38N2O. The van der Waals surface area contributed by atoms with Crippen LogP contribution in [0.25, 0.3) is 0 Å². The van der Waals surface area contributed by atoms with Gasteiger partial charge in [0.05, 0.1) is 11.2 Å². The summed E-state index contributed by atoms with van der Waals surface area (Å²) in [5.41, 5.74) is 6.20. The second kappa shape index (κ2) is 6.55. The molecule has 0 aromatic rings. The normalized spacial score (nSPS) is 23.0. The van der Waals surface area contributed by atoms with Gasteiger partial charge in [-0.2, -0.15) is 0 Å². The second-order valence-corrected chi connectivity index (χ2v) is 9.10. The molecule has 0 saturated carbocycles. The first-order valence-corrected chi connectivity index (χ1v) is 8.57. The van der Waals surface area contributed by atoms with Crippen molar-refractivity contribution < 1.29 is 4.74 Å². The number of morpholine rings is 1. The van der Waals surface area contributed by atoms with Gasteiger partial charge in [0, 0.05) is 25.2 Å². The van der Waals surface area contributed by atoms with Crippen LogP contribution in [0.5, 0.6) is 0 Å². The molecule has 0 aliphatic carbocycles. The van der Waals surface area contributed by atoms with Crippen molar-refractivity contribution in [2.45, 2.75) is 85.0 Å². The fraction of sp³-hybridized carbons (Fsp3) is 1.00. The van der Waals surface area contributed by atoms with Gasteiger partial charge < -0.3 is 10.5 Å². The van der Waals surface area contributed by atoms with Crippen LogP contribution in [0.2, 0.25) is 0 Å². The van der Waals surface area contributed by atoms with Gasteiger partial charge in [0.1, 0.15) is 0 Å². The molecule has 2 N–H and O–H groups in total. The van der Waals surface area contributed by atoms with Gasteiger partial charge in [-0.3, -0.25) is 4.90 Å².